The molecule has 2 aromatic heterocycles. The maximum Gasteiger partial charge on any atom is 0.238 e. The number of amides is 1. The van der Waals surface area contributed by atoms with Gasteiger partial charge < -0.3 is 10.1 Å². The molecule has 0 radical (unpaired) electrons. The minimum Gasteiger partial charge on any atom is -0.380 e. The molecule has 1 aromatic carbocycles. The Morgan fingerprint density at radius 2 is 2.19 bits per heavy atom. The Hall–Kier alpha value is -2.51. The van der Waals surface area contributed by atoms with Gasteiger partial charge in [-0.25, -0.2) is 9.97 Å². The number of halogens is 1. The number of anilines is 1. The number of carbonyl (C=O) groups is 1. The molecule has 134 valence electrons. The van der Waals surface area contributed by atoms with Gasteiger partial charge in [-0.05, 0) is 37.6 Å². The Balaban J connectivity index is 1.81. The number of ether oxygens (including phenoxy) is 1. The number of benzene rings is 1. The SMILES string of the molecule is CCOCCn1cc2c(C3C(=O)Nc4ccc(Cl)cc43)nc(C)nc2n1. The summed E-state index contributed by atoms with van der Waals surface area (Å²) in [4.78, 5) is 21.6. The summed E-state index contributed by atoms with van der Waals surface area (Å²) in [5.41, 5.74) is 2.81. The number of nitrogens with zero attached hydrogens (tertiary/aromatic N) is 4. The molecule has 4 rings (SSSR count). The summed E-state index contributed by atoms with van der Waals surface area (Å²) in [5, 5.41) is 8.75. The molecule has 0 saturated carbocycles. The third-order valence-electron chi connectivity index (χ3n) is 4.36. The molecule has 0 bridgehead atoms. The fourth-order valence-corrected chi connectivity index (χ4v) is 3.41. The van der Waals surface area contributed by atoms with Crippen molar-refractivity contribution in [3.63, 3.8) is 0 Å². The smallest absolute Gasteiger partial charge is 0.238 e. The molecule has 1 aliphatic rings. The van der Waals surface area contributed by atoms with E-state index in [-0.39, 0.29) is 5.91 Å². The molecular weight excluding hydrogens is 354 g/mol. The van der Waals surface area contributed by atoms with Crippen LogP contribution in [0.4, 0.5) is 5.69 Å². The first-order valence-corrected chi connectivity index (χ1v) is 8.84. The lowest BCUT2D eigenvalue weighted by atomic mass is 9.95. The largest absolute Gasteiger partial charge is 0.380 e. The van der Waals surface area contributed by atoms with E-state index in [1.54, 1.807) is 17.7 Å². The summed E-state index contributed by atoms with van der Waals surface area (Å²) in [6, 6.07) is 5.38. The lowest BCUT2D eigenvalue weighted by molar-refractivity contribution is -0.116. The number of aryl methyl sites for hydroxylation is 1. The van der Waals surface area contributed by atoms with E-state index in [0.29, 0.717) is 41.9 Å². The van der Waals surface area contributed by atoms with Gasteiger partial charge in [0.25, 0.3) is 0 Å². The van der Waals surface area contributed by atoms with E-state index < -0.39 is 5.92 Å². The van der Waals surface area contributed by atoms with Crippen molar-refractivity contribution in [2.24, 2.45) is 0 Å². The zero-order chi connectivity index (χ0) is 18.3. The van der Waals surface area contributed by atoms with Crippen LogP contribution in [-0.2, 0) is 16.1 Å². The second kappa shape index (κ2) is 6.66. The van der Waals surface area contributed by atoms with E-state index in [1.165, 1.54) is 0 Å². The maximum atomic E-state index is 12.7. The van der Waals surface area contributed by atoms with Crippen LogP contribution in [0.5, 0.6) is 0 Å². The van der Waals surface area contributed by atoms with Crippen LogP contribution in [0.25, 0.3) is 11.0 Å². The van der Waals surface area contributed by atoms with E-state index in [4.69, 9.17) is 16.3 Å². The van der Waals surface area contributed by atoms with Gasteiger partial charge in [-0.1, -0.05) is 11.6 Å². The fourth-order valence-electron chi connectivity index (χ4n) is 3.23. The number of hydrogen-bond donors (Lipinski definition) is 1. The Morgan fingerprint density at radius 1 is 1.35 bits per heavy atom. The molecule has 0 fully saturated rings. The molecule has 0 spiro atoms. The quantitative estimate of drug-likeness (QED) is 0.697. The predicted octanol–water partition coefficient (Wildman–Crippen LogP) is 2.91. The zero-order valence-electron chi connectivity index (χ0n) is 14.5. The Kier molecular flexibility index (Phi) is 4.34. The predicted molar refractivity (Wildman–Crippen MR) is 98.5 cm³/mol. The lowest BCUT2D eigenvalue weighted by Crippen LogP contribution is -2.15. The van der Waals surface area contributed by atoms with E-state index >= 15 is 0 Å². The number of hydrogen-bond acceptors (Lipinski definition) is 5. The first-order chi connectivity index (χ1) is 12.6. The molecule has 1 N–H and O–H groups in total. The zero-order valence-corrected chi connectivity index (χ0v) is 15.2. The van der Waals surface area contributed by atoms with Crippen molar-refractivity contribution < 1.29 is 9.53 Å². The second-order valence-electron chi connectivity index (χ2n) is 6.14. The molecule has 1 aliphatic heterocycles. The summed E-state index contributed by atoms with van der Waals surface area (Å²) in [6.07, 6.45) is 1.87. The summed E-state index contributed by atoms with van der Waals surface area (Å²) < 4.78 is 7.17. The maximum absolute atomic E-state index is 12.7. The van der Waals surface area contributed by atoms with Gasteiger partial charge in [-0.2, -0.15) is 5.10 Å². The molecule has 1 atom stereocenters. The minimum atomic E-state index is -0.530. The van der Waals surface area contributed by atoms with Crippen molar-refractivity contribution in [3.05, 3.63) is 46.5 Å². The molecule has 1 unspecified atom stereocenters. The van der Waals surface area contributed by atoms with Crippen molar-refractivity contribution in [1.82, 2.24) is 19.7 Å². The van der Waals surface area contributed by atoms with Crippen LogP contribution in [0.3, 0.4) is 0 Å². The van der Waals surface area contributed by atoms with Crippen LogP contribution in [0.1, 0.15) is 29.9 Å². The van der Waals surface area contributed by atoms with Crippen LogP contribution in [0.15, 0.2) is 24.4 Å². The highest BCUT2D eigenvalue weighted by molar-refractivity contribution is 6.31. The average molecular weight is 372 g/mol. The van der Waals surface area contributed by atoms with Crippen LogP contribution in [0.2, 0.25) is 5.02 Å². The molecule has 26 heavy (non-hydrogen) atoms. The van der Waals surface area contributed by atoms with Gasteiger partial charge in [0.15, 0.2) is 5.65 Å². The third kappa shape index (κ3) is 2.93. The first-order valence-electron chi connectivity index (χ1n) is 8.46. The number of rotatable bonds is 5. The molecule has 3 aromatic rings. The molecular formula is C18H18ClN5O2. The van der Waals surface area contributed by atoms with Gasteiger partial charge in [-0.15, -0.1) is 0 Å². The first kappa shape index (κ1) is 16.9. The van der Waals surface area contributed by atoms with Crippen molar-refractivity contribution in [3.8, 4) is 0 Å². The highest BCUT2D eigenvalue weighted by atomic mass is 35.5. The summed E-state index contributed by atoms with van der Waals surface area (Å²) in [6.45, 7) is 5.59. The van der Waals surface area contributed by atoms with E-state index in [0.717, 1.165) is 16.6 Å². The molecule has 7 nitrogen and oxygen atoms in total. The monoisotopic (exact) mass is 371 g/mol. The van der Waals surface area contributed by atoms with Crippen molar-refractivity contribution in [2.75, 3.05) is 18.5 Å². The van der Waals surface area contributed by atoms with Gasteiger partial charge in [0.05, 0.1) is 24.2 Å². The van der Waals surface area contributed by atoms with Gasteiger partial charge in [-0.3, -0.25) is 9.48 Å². The average Bonchev–Trinajstić information content (AvgIpc) is 3.14. The Bertz CT molecular complexity index is 1000. The third-order valence-corrected chi connectivity index (χ3v) is 4.59. The molecule has 3 heterocycles. The lowest BCUT2D eigenvalue weighted by Gasteiger charge is -2.10. The number of aromatic nitrogens is 4. The Labute approximate surface area is 155 Å². The van der Waals surface area contributed by atoms with Gasteiger partial charge in [0.2, 0.25) is 5.91 Å². The van der Waals surface area contributed by atoms with E-state index in [1.807, 2.05) is 25.3 Å². The van der Waals surface area contributed by atoms with E-state index in [2.05, 4.69) is 20.4 Å². The summed E-state index contributed by atoms with van der Waals surface area (Å²) in [7, 11) is 0. The molecule has 0 saturated heterocycles. The molecule has 8 heteroatoms. The highest BCUT2D eigenvalue weighted by Gasteiger charge is 2.35. The topological polar surface area (TPSA) is 81.9 Å². The fraction of sp³-hybridized carbons (Fsp3) is 0.333. The van der Waals surface area contributed by atoms with Crippen LogP contribution in [0, 0.1) is 6.92 Å². The van der Waals surface area contributed by atoms with Crippen molar-refractivity contribution in [2.45, 2.75) is 26.3 Å². The van der Waals surface area contributed by atoms with E-state index in [9.17, 15) is 4.79 Å². The molecule has 0 aliphatic carbocycles. The Morgan fingerprint density at radius 3 is 3.00 bits per heavy atom. The number of carbonyl (C=O) groups excluding carboxylic acids is 1. The van der Waals surface area contributed by atoms with Crippen LogP contribution in [-0.4, -0.2) is 38.9 Å². The van der Waals surface area contributed by atoms with Gasteiger partial charge >= 0.3 is 0 Å². The van der Waals surface area contributed by atoms with Crippen molar-refractivity contribution >= 4 is 34.2 Å². The number of fused-ring (bicyclic) bond motifs is 2. The summed E-state index contributed by atoms with van der Waals surface area (Å²) in [5.74, 6) is -0.0768. The van der Waals surface area contributed by atoms with Gasteiger partial charge in [0.1, 0.15) is 11.7 Å². The van der Waals surface area contributed by atoms with Crippen LogP contribution < -0.4 is 5.32 Å². The highest BCUT2D eigenvalue weighted by Crippen LogP contribution is 2.39. The molecule has 1 amide bonds. The van der Waals surface area contributed by atoms with Crippen LogP contribution >= 0.6 is 11.6 Å². The number of nitrogens with one attached hydrogen (secondary N) is 1. The second-order valence-corrected chi connectivity index (χ2v) is 6.57. The van der Waals surface area contributed by atoms with Gasteiger partial charge in [0, 0.05) is 23.5 Å². The minimum absolute atomic E-state index is 0.122. The normalized spacial score (nSPS) is 16.1. The standard InChI is InChI=1S/C18H18ClN5O2/c1-3-26-7-6-24-9-13-16(20-10(2)21-17(13)23-24)15-12-8-11(19)4-5-14(12)22-18(15)25/h4-5,8-9,15H,3,6-7H2,1-2H3,(H,22,25). The van der Waals surface area contributed by atoms with Crippen molar-refractivity contribution in [1.29, 1.82) is 0 Å². The summed E-state index contributed by atoms with van der Waals surface area (Å²) >= 11 is 6.15.